The number of nitrogens with one attached hydrogen (secondary N) is 1. The predicted octanol–water partition coefficient (Wildman–Crippen LogP) is 2.79. The number of nitrogens with zero attached hydrogens (tertiary/aromatic N) is 3. The molecule has 2 aromatic rings. The molecule has 24 heavy (non-hydrogen) atoms. The Labute approximate surface area is 145 Å². The lowest BCUT2D eigenvalue weighted by Crippen LogP contribution is -2.48. The highest BCUT2D eigenvalue weighted by atomic mass is 32.1. The number of amides is 1. The van der Waals surface area contributed by atoms with Gasteiger partial charge in [-0.15, -0.1) is 12.6 Å². The van der Waals surface area contributed by atoms with Crippen molar-refractivity contribution in [2.24, 2.45) is 0 Å². The van der Waals surface area contributed by atoms with Gasteiger partial charge in [-0.25, -0.2) is 14.4 Å². The summed E-state index contributed by atoms with van der Waals surface area (Å²) in [5.74, 6) is -0.641. The summed E-state index contributed by atoms with van der Waals surface area (Å²) in [7, 11) is 0. The Balaban J connectivity index is 1.71. The summed E-state index contributed by atoms with van der Waals surface area (Å²) < 4.78 is 13.0. The molecular weight excluding hydrogens is 327 g/mol. The molecule has 0 bridgehead atoms. The average Bonchev–Trinajstić information content (AvgIpc) is 2.63. The number of likely N-dealkylation sites (tertiary alicyclic amines) is 1. The summed E-state index contributed by atoms with van der Waals surface area (Å²) in [6.07, 6.45) is 8.24. The van der Waals surface area contributed by atoms with Gasteiger partial charge in [-0.2, -0.15) is 0 Å². The minimum absolute atomic E-state index is 0.121. The van der Waals surface area contributed by atoms with Crippen molar-refractivity contribution in [1.82, 2.24) is 20.2 Å². The van der Waals surface area contributed by atoms with E-state index in [4.69, 9.17) is 0 Å². The van der Waals surface area contributed by atoms with Gasteiger partial charge in [0.15, 0.2) is 0 Å². The Bertz CT molecular complexity index is 683. The van der Waals surface area contributed by atoms with Gasteiger partial charge < -0.3 is 5.32 Å². The molecule has 126 valence electrons. The Kier molecular flexibility index (Phi) is 5.42. The van der Waals surface area contributed by atoms with Gasteiger partial charge in [-0.1, -0.05) is 6.42 Å². The SMILES string of the molecule is O=C(NC(S)N1CCCCC1c1cncnc1)c1ccc(F)cc1. The smallest absolute Gasteiger partial charge is 0.253 e. The van der Waals surface area contributed by atoms with Crippen LogP contribution in [0.25, 0.3) is 0 Å². The van der Waals surface area contributed by atoms with Crippen LogP contribution in [0.4, 0.5) is 4.39 Å². The first-order valence-corrected chi connectivity index (χ1v) is 8.42. The Hall–Kier alpha value is -1.99. The van der Waals surface area contributed by atoms with Gasteiger partial charge >= 0.3 is 0 Å². The maximum Gasteiger partial charge on any atom is 0.253 e. The highest BCUT2D eigenvalue weighted by Crippen LogP contribution is 2.32. The van der Waals surface area contributed by atoms with Gasteiger partial charge in [0, 0.05) is 36.1 Å². The van der Waals surface area contributed by atoms with E-state index in [2.05, 4.69) is 32.8 Å². The predicted molar refractivity (Wildman–Crippen MR) is 92.0 cm³/mol. The van der Waals surface area contributed by atoms with E-state index in [9.17, 15) is 9.18 Å². The molecule has 2 heterocycles. The topological polar surface area (TPSA) is 58.1 Å². The first-order chi connectivity index (χ1) is 11.6. The maximum absolute atomic E-state index is 13.0. The summed E-state index contributed by atoms with van der Waals surface area (Å²) >= 11 is 4.57. The number of aromatic nitrogens is 2. The summed E-state index contributed by atoms with van der Waals surface area (Å²) in [6, 6.07) is 5.59. The summed E-state index contributed by atoms with van der Waals surface area (Å²) in [6.45, 7) is 0.831. The second-order valence-electron chi connectivity index (χ2n) is 5.78. The molecule has 1 aromatic carbocycles. The Morgan fingerprint density at radius 1 is 1.25 bits per heavy atom. The number of hydrogen-bond donors (Lipinski definition) is 2. The molecule has 5 nitrogen and oxygen atoms in total. The summed E-state index contributed by atoms with van der Waals surface area (Å²) in [5, 5.41) is 2.87. The van der Waals surface area contributed by atoms with Crippen LogP contribution in [0.15, 0.2) is 43.0 Å². The fourth-order valence-corrected chi connectivity index (χ4v) is 3.37. The molecule has 1 saturated heterocycles. The van der Waals surface area contributed by atoms with E-state index in [1.165, 1.54) is 30.6 Å². The van der Waals surface area contributed by atoms with Crippen LogP contribution in [0.2, 0.25) is 0 Å². The van der Waals surface area contributed by atoms with E-state index < -0.39 is 5.50 Å². The van der Waals surface area contributed by atoms with Crippen LogP contribution in [-0.4, -0.2) is 32.8 Å². The van der Waals surface area contributed by atoms with E-state index in [0.29, 0.717) is 5.56 Å². The molecule has 1 amide bonds. The van der Waals surface area contributed by atoms with Gasteiger partial charge in [0.1, 0.15) is 17.6 Å². The molecule has 2 unspecified atom stereocenters. The van der Waals surface area contributed by atoms with Crippen LogP contribution in [0.3, 0.4) is 0 Å². The van der Waals surface area contributed by atoms with Crippen molar-refractivity contribution < 1.29 is 9.18 Å². The molecule has 0 saturated carbocycles. The molecule has 0 spiro atoms. The Morgan fingerprint density at radius 3 is 2.67 bits per heavy atom. The monoisotopic (exact) mass is 346 g/mol. The summed E-state index contributed by atoms with van der Waals surface area (Å²) in [5.41, 5.74) is 0.993. The minimum atomic E-state index is -0.437. The zero-order chi connectivity index (χ0) is 16.9. The van der Waals surface area contributed by atoms with Crippen LogP contribution in [0.5, 0.6) is 0 Å². The van der Waals surface area contributed by atoms with Crippen molar-refractivity contribution in [2.75, 3.05) is 6.54 Å². The second kappa shape index (κ2) is 7.72. The van der Waals surface area contributed by atoms with Gasteiger partial charge in [-0.3, -0.25) is 9.69 Å². The quantitative estimate of drug-likeness (QED) is 0.660. The molecule has 7 heteroatoms. The molecule has 1 N–H and O–H groups in total. The third kappa shape index (κ3) is 3.91. The molecule has 2 atom stereocenters. The normalized spacial score (nSPS) is 19.7. The number of carbonyl (C=O) groups excluding carboxylic acids is 1. The average molecular weight is 346 g/mol. The lowest BCUT2D eigenvalue weighted by Gasteiger charge is -2.39. The maximum atomic E-state index is 13.0. The van der Waals surface area contributed by atoms with E-state index in [1.807, 2.05) is 0 Å². The minimum Gasteiger partial charge on any atom is -0.328 e. The number of halogens is 1. The van der Waals surface area contributed by atoms with Crippen molar-refractivity contribution in [2.45, 2.75) is 30.8 Å². The van der Waals surface area contributed by atoms with Crippen molar-refractivity contribution >= 4 is 18.5 Å². The first-order valence-electron chi connectivity index (χ1n) is 7.90. The molecule has 1 fully saturated rings. The number of benzene rings is 1. The van der Waals surface area contributed by atoms with Gasteiger partial charge in [-0.05, 0) is 37.1 Å². The molecule has 3 rings (SSSR count). The fourth-order valence-electron chi connectivity index (χ4n) is 2.97. The van der Waals surface area contributed by atoms with Crippen LogP contribution in [-0.2, 0) is 0 Å². The van der Waals surface area contributed by atoms with Crippen molar-refractivity contribution in [3.05, 3.63) is 59.9 Å². The number of carbonyl (C=O) groups is 1. The van der Waals surface area contributed by atoms with E-state index in [-0.39, 0.29) is 17.8 Å². The molecule has 1 aliphatic rings. The van der Waals surface area contributed by atoms with Crippen molar-refractivity contribution in [1.29, 1.82) is 0 Å². The van der Waals surface area contributed by atoms with Crippen LogP contribution in [0.1, 0.15) is 41.2 Å². The van der Waals surface area contributed by atoms with E-state index in [1.54, 1.807) is 12.4 Å². The number of piperidine rings is 1. The third-order valence-corrected chi connectivity index (χ3v) is 4.62. The molecule has 0 aliphatic carbocycles. The number of thiol groups is 1. The molecular formula is C17H19FN4OS. The zero-order valence-electron chi connectivity index (χ0n) is 13.1. The fraction of sp³-hybridized carbons (Fsp3) is 0.353. The van der Waals surface area contributed by atoms with Gasteiger partial charge in [0.2, 0.25) is 0 Å². The van der Waals surface area contributed by atoms with Crippen LogP contribution >= 0.6 is 12.6 Å². The van der Waals surface area contributed by atoms with E-state index >= 15 is 0 Å². The van der Waals surface area contributed by atoms with Crippen molar-refractivity contribution in [3.63, 3.8) is 0 Å². The Morgan fingerprint density at radius 2 is 1.96 bits per heavy atom. The van der Waals surface area contributed by atoms with Gasteiger partial charge in [0.25, 0.3) is 5.91 Å². The lowest BCUT2D eigenvalue weighted by atomic mass is 9.98. The van der Waals surface area contributed by atoms with Gasteiger partial charge in [0.05, 0.1) is 0 Å². The largest absolute Gasteiger partial charge is 0.328 e. The van der Waals surface area contributed by atoms with Crippen LogP contribution in [0, 0.1) is 5.82 Å². The molecule has 1 aromatic heterocycles. The lowest BCUT2D eigenvalue weighted by molar-refractivity contribution is 0.0822. The molecule has 1 aliphatic heterocycles. The second-order valence-corrected chi connectivity index (χ2v) is 6.26. The van der Waals surface area contributed by atoms with Crippen molar-refractivity contribution in [3.8, 4) is 0 Å². The number of rotatable bonds is 4. The number of hydrogen-bond acceptors (Lipinski definition) is 5. The highest BCUT2D eigenvalue weighted by Gasteiger charge is 2.29. The third-order valence-electron chi connectivity index (χ3n) is 4.19. The standard InChI is InChI=1S/C17H19FN4OS/c18-14-6-4-12(5-7-14)16(23)21-17(24)22-8-2-1-3-15(22)13-9-19-11-20-10-13/h4-7,9-11,15,17,24H,1-3,8H2,(H,21,23). The molecule has 0 radical (unpaired) electrons. The first kappa shape index (κ1) is 16.9. The van der Waals surface area contributed by atoms with Crippen LogP contribution < -0.4 is 5.32 Å². The van der Waals surface area contributed by atoms with E-state index in [0.717, 1.165) is 31.4 Å². The zero-order valence-corrected chi connectivity index (χ0v) is 14.0. The highest BCUT2D eigenvalue weighted by molar-refractivity contribution is 7.80. The summed E-state index contributed by atoms with van der Waals surface area (Å²) in [4.78, 5) is 22.6.